The van der Waals surface area contributed by atoms with Crippen molar-refractivity contribution in [2.24, 2.45) is 0 Å². The topological polar surface area (TPSA) is 65.0 Å². The molecule has 0 fully saturated rings. The van der Waals surface area contributed by atoms with E-state index in [0.29, 0.717) is 16.7 Å². The number of hydrogen-bond acceptors (Lipinski definition) is 5. The Morgan fingerprint density at radius 1 is 0.352 bits per heavy atom. The maximum absolute atomic E-state index is 6.47. The van der Waals surface area contributed by atoms with E-state index in [9.17, 15) is 0 Å². The second kappa shape index (κ2) is 12.6. The summed E-state index contributed by atoms with van der Waals surface area (Å²) in [5.41, 5.74) is 5.74. The average molecular weight is 664 g/mol. The van der Waals surface area contributed by atoms with Gasteiger partial charge in [-0.2, -0.15) is 0 Å². The largest absolute Gasteiger partial charge is 0.456 e. The van der Waals surface area contributed by atoms with E-state index in [4.69, 9.17) is 97.3 Å². The van der Waals surface area contributed by atoms with Gasteiger partial charge in [-0.3, -0.25) is 0 Å². The third kappa shape index (κ3) is 5.11. The van der Waals surface area contributed by atoms with Gasteiger partial charge in [0.05, 0.1) is 0 Å². The quantitative estimate of drug-likeness (QED) is 0.210. The highest BCUT2D eigenvalue weighted by Gasteiger charge is 2.22. The fourth-order valence-electron chi connectivity index (χ4n) is 6.97. The first kappa shape index (κ1) is 34.4. The first-order valence-electron chi connectivity index (χ1n) is 16.6. The number of rotatable bonds is 4. The molecular formula is C39H13B10N3O2. The lowest BCUT2D eigenvalue weighted by molar-refractivity contribution is 0.668. The van der Waals surface area contributed by atoms with Crippen molar-refractivity contribution in [3.63, 3.8) is 0 Å². The third-order valence-corrected chi connectivity index (χ3v) is 9.93. The van der Waals surface area contributed by atoms with Gasteiger partial charge < -0.3 is 8.83 Å². The molecule has 0 aliphatic rings. The molecule has 54 heavy (non-hydrogen) atoms. The second-order valence-electron chi connectivity index (χ2n) is 13.0. The summed E-state index contributed by atoms with van der Waals surface area (Å²) in [6.07, 6.45) is 0. The molecule has 0 saturated carbocycles. The van der Waals surface area contributed by atoms with Crippen LogP contribution in [-0.2, 0) is 0 Å². The zero-order valence-electron chi connectivity index (χ0n) is 28.4. The van der Waals surface area contributed by atoms with Crippen molar-refractivity contribution in [3.8, 4) is 45.3 Å². The van der Waals surface area contributed by atoms with E-state index < -0.39 is 0 Å². The highest BCUT2D eigenvalue weighted by molar-refractivity contribution is 6.69. The van der Waals surface area contributed by atoms with Gasteiger partial charge >= 0.3 is 0 Å². The Balaban J connectivity index is 1.23. The van der Waals surface area contributed by atoms with Crippen LogP contribution in [-0.4, -0.2) is 93.4 Å². The van der Waals surface area contributed by atoms with E-state index in [2.05, 4.69) is 23.2 Å². The molecule has 0 unspecified atom stereocenters. The molecule has 226 valence electrons. The number of para-hydroxylation sites is 2. The lowest BCUT2D eigenvalue weighted by atomic mass is 9.60. The Labute approximate surface area is 323 Å². The summed E-state index contributed by atoms with van der Waals surface area (Å²) in [5, 5.41) is 3.88. The highest BCUT2D eigenvalue weighted by Crippen LogP contribution is 2.39. The molecule has 0 N–H and O–H groups in total. The van der Waals surface area contributed by atoms with Gasteiger partial charge in [-0.05, 0) is 35.9 Å². The molecule has 20 radical (unpaired) electrons. The van der Waals surface area contributed by atoms with E-state index in [1.807, 2.05) is 60.7 Å². The first-order valence-corrected chi connectivity index (χ1v) is 16.6. The molecule has 9 aromatic rings. The van der Waals surface area contributed by atoms with Gasteiger partial charge in [-0.1, -0.05) is 70.4 Å². The van der Waals surface area contributed by atoms with Crippen LogP contribution in [0, 0.1) is 0 Å². The smallest absolute Gasteiger partial charge is 0.164 e. The number of furan rings is 2. The zero-order valence-corrected chi connectivity index (χ0v) is 28.4. The van der Waals surface area contributed by atoms with Crippen molar-refractivity contribution in [2.45, 2.75) is 0 Å². The SMILES string of the molecule is [B]c1c([B])c([B])c(-c2nc(-c3ccc4c(c3)oc3cc(-c5cccc6c5oc5ccccc56)ccc34)nc(-c3c([B])c([B])c([B])c([B])c3[B])n2)c([B])c1[B]. The molecule has 15 heteroatoms. The van der Waals surface area contributed by atoms with Crippen LogP contribution < -0.4 is 54.6 Å². The normalized spacial score (nSPS) is 11.7. The van der Waals surface area contributed by atoms with Gasteiger partial charge in [0.15, 0.2) is 17.5 Å². The minimum atomic E-state index is 0.00488. The fourth-order valence-corrected chi connectivity index (χ4v) is 6.97. The maximum Gasteiger partial charge on any atom is 0.164 e. The molecule has 3 aromatic heterocycles. The predicted molar refractivity (Wildman–Crippen MR) is 230 cm³/mol. The number of aromatic nitrogens is 3. The monoisotopic (exact) mass is 665 g/mol. The summed E-state index contributed by atoms with van der Waals surface area (Å²) >= 11 is 0. The van der Waals surface area contributed by atoms with Crippen LogP contribution in [0.25, 0.3) is 89.2 Å². The van der Waals surface area contributed by atoms with Crippen LogP contribution in [0.3, 0.4) is 0 Å². The van der Waals surface area contributed by atoms with Crippen LogP contribution in [0.2, 0.25) is 0 Å². The molecule has 0 atom stereocenters. The third-order valence-electron chi connectivity index (χ3n) is 9.93. The minimum Gasteiger partial charge on any atom is -0.456 e. The molecule has 0 spiro atoms. The van der Waals surface area contributed by atoms with Gasteiger partial charge in [0.1, 0.15) is 101 Å². The molecule has 0 bridgehead atoms. The summed E-state index contributed by atoms with van der Waals surface area (Å²) in [5.74, 6) is 0.186. The molecule has 9 rings (SSSR count). The molecule has 3 heterocycles. The van der Waals surface area contributed by atoms with E-state index in [1.165, 1.54) is 0 Å². The van der Waals surface area contributed by atoms with Gasteiger partial charge in [-0.15, -0.1) is 32.8 Å². The van der Waals surface area contributed by atoms with Gasteiger partial charge in [0, 0.05) is 43.8 Å². The lowest BCUT2D eigenvalue weighted by Gasteiger charge is -2.22. The number of hydrogen-bond donors (Lipinski definition) is 0. The van der Waals surface area contributed by atoms with Crippen molar-refractivity contribution in [1.29, 1.82) is 0 Å². The van der Waals surface area contributed by atoms with Crippen LogP contribution in [0.1, 0.15) is 0 Å². The van der Waals surface area contributed by atoms with Crippen molar-refractivity contribution in [3.05, 3.63) is 78.9 Å². The average Bonchev–Trinajstić information content (AvgIpc) is 3.75. The Morgan fingerprint density at radius 2 is 0.796 bits per heavy atom. The fraction of sp³-hybridized carbons (Fsp3) is 0. The van der Waals surface area contributed by atoms with E-state index in [0.717, 1.165) is 43.8 Å². The van der Waals surface area contributed by atoms with E-state index in [-0.39, 0.29) is 83.2 Å². The Hall–Kier alpha value is -5.42. The summed E-state index contributed by atoms with van der Waals surface area (Å²) in [4.78, 5) is 14.2. The van der Waals surface area contributed by atoms with Crippen molar-refractivity contribution in [2.75, 3.05) is 0 Å². The summed E-state index contributed by atoms with van der Waals surface area (Å²) in [7, 11) is 62.8. The molecule has 5 nitrogen and oxygen atoms in total. The summed E-state index contributed by atoms with van der Waals surface area (Å²) < 4.78 is 12.8. The molecule has 0 saturated heterocycles. The van der Waals surface area contributed by atoms with Crippen molar-refractivity contribution in [1.82, 2.24) is 15.0 Å². The molecule has 0 aliphatic carbocycles. The number of nitrogens with zero attached hydrogens (tertiary/aromatic N) is 3. The summed E-state index contributed by atoms with van der Waals surface area (Å²) in [6, 6.07) is 25.8. The molecular weight excluding hydrogens is 651 g/mol. The first-order chi connectivity index (χ1) is 25.9. The Bertz CT molecular complexity index is 2940. The van der Waals surface area contributed by atoms with E-state index >= 15 is 0 Å². The number of fused-ring (bicyclic) bond motifs is 6. The standard InChI is InChI=1S/C39H13B10N3O2/c40-26-24(27(41)31(45)34(48)30(26)44)38-50-37(51-39(52-38)25-28(42)32(46)35(49)33(47)29(25)43)15-9-11-19-18-10-8-14(12-22(18)53-23(19)13-15)16-5-3-6-20-17-4-1-2-7-21(17)54-36(16)20/h1-13H. The lowest BCUT2D eigenvalue weighted by Crippen LogP contribution is -2.55. The second-order valence-corrected chi connectivity index (χ2v) is 13.0. The van der Waals surface area contributed by atoms with Gasteiger partial charge in [0.2, 0.25) is 0 Å². The van der Waals surface area contributed by atoms with E-state index in [1.54, 1.807) is 0 Å². The van der Waals surface area contributed by atoms with Crippen LogP contribution in [0.5, 0.6) is 0 Å². The highest BCUT2D eigenvalue weighted by atomic mass is 16.3. The predicted octanol–water partition coefficient (Wildman–Crippen LogP) is -1.72. The zero-order chi connectivity index (χ0) is 37.7. The number of benzene rings is 6. The molecule has 0 amide bonds. The van der Waals surface area contributed by atoms with Crippen molar-refractivity contribution >= 4 is 177 Å². The summed E-state index contributed by atoms with van der Waals surface area (Å²) in [6.45, 7) is 0. The van der Waals surface area contributed by atoms with Crippen LogP contribution >= 0.6 is 0 Å². The Morgan fingerprint density at radius 3 is 1.37 bits per heavy atom. The van der Waals surface area contributed by atoms with Crippen molar-refractivity contribution < 1.29 is 8.83 Å². The van der Waals surface area contributed by atoms with Crippen LogP contribution in [0.4, 0.5) is 0 Å². The van der Waals surface area contributed by atoms with Gasteiger partial charge in [-0.25, -0.2) is 15.0 Å². The Kier molecular flexibility index (Phi) is 8.00. The minimum absolute atomic E-state index is 0.00488. The molecule has 0 aliphatic heterocycles. The maximum atomic E-state index is 6.47. The van der Waals surface area contributed by atoms with Crippen LogP contribution in [0.15, 0.2) is 87.7 Å². The van der Waals surface area contributed by atoms with Gasteiger partial charge in [0.25, 0.3) is 0 Å². The molecule has 6 aromatic carbocycles.